The summed E-state index contributed by atoms with van der Waals surface area (Å²) in [7, 11) is 1.50. The molecule has 4 nitrogen and oxygen atoms in total. The van der Waals surface area contributed by atoms with Gasteiger partial charge in [0, 0.05) is 0 Å². The highest BCUT2D eigenvalue weighted by Gasteiger charge is 2.66. The quantitative estimate of drug-likeness (QED) is 0.539. The van der Waals surface area contributed by atoms with Gasteiger partial charge < -0.3 is 0 Å². The Balaban J connectivity index is 2.06. The Morgan fingerprint density at radius 2 is 1.84 bits per heavy atom. The summed E-state index contributed by atoms with van der Waals surface area (Å²) >= 11 is 0. The lowest BCUT2D eigenvalue weighted by atomic mass is 9.67. The SMILES string of the molecule is CON1C(=O)C2(CCCCC2)C(=O)C12C=CCCC2. The Kier molecular flexibility index (Phi) is 3.01. The number of carbonyl (C=O) groups excluding carboxylic acids is 2. The van der Waals surface area contributed by atoms with Crippen molar-refractivity contribution < 1.29 is 14.4 Å². The predicted molar refractivity (Wildman–Crippen MR) is 70.1 cm³/mol. The van der Waals surface area contributed by atoms with Gasteiger partial charge >= 0.3 is 0 Å². The zero-order valence-electron chi connectivity index (χ0n) is 11.5. The zero-order chi connectivity index (χ0) is 13.5. The molecule has 0 radical (unpaired) electrons. The van der Waals surface area contributed by atoms with Gasteiger partial charge in [0.1, 0.15) is 11.0 Å². The molecule has 0 aromatic heterocycles. The number of amides is 1. The van der Waals surface area contributed by atoms with E-state index in [9.17, 15) is 9.59 Å². The molecule has 3 aliphatic rings. The summed E-state index contributed by atoms with van der Waals surface area (Å²) in [4.78, 5) is 31.1. The molecule has 1 unspecified atom stereocenters. The van der Waals surface area contributed by atoms with Crippen LogP contribution in [0.25, 0.3) is 0 Å². The first-order valence-corrected chi connectivity index (χ1v) is 7.29. The summed E-state index contributed by atoms with van der Waals surface area (Å²) in [6.45, 7) is 0. The Morgan fingerprint density at radius 1 is 1.11 bits per heavy atom. The first-order chi connectivity index (χ1) is 9.17. The number of allylic oxidation sites excluding steroid dienone is 1. The standard InChI is InChI=1S/C15H21NO3/c1-19-16-13(18)14(8-4-2-5-9-14)12(17)15(16)10-6-3-7-11-15/h6,10H,2-5,7-9,11H2,1H3. The van der Waals surface area contributed by atoms with E-state index < -0.39 is 11.0 Å². The summed E-state index contributed by atoms with van der Waals surface area (Å²) in [5, 5.41) is 1.37. The Hall–Kier alpha value is -1.16. The van der Waals surface area contributed by atoms with Crippen LogP contribution in [0.3, 0.4) is 0 Å². The van der Waals surface area contributed by atoms with Gasteiger partial charge in [-0.05, 0) is 32.1 Å². The third-order valence-corrected chi connectivity index (χ3v) is 5.00. The van der Waals surface area contributed by atoms with E-state index in [1.165, 1.54) is 12.2 Å². The van der Waals surface area contributed by atoms with E-state index in [-0.39, 0.29) is 11.7 Å². The Labute approximate surface area is 113 Å². The highest BCUT2D eigenvalue weighted by atomic mass is 16.7. The average Bonchev–Trinajstić information content (AvgIpc) is 2.62. The second-order valence-corrected chi connectivity index (χ2v) is 5.97. The van der Waals surface area contributed by atoms with Gasteiger partial charge in [-0.15, -0.1) is 0 Å². The molecule has 4 heteroatoms. The summed E-state index contributed by atoms with van der Waals surface area (Å²) in [6.07, 6.45) is 11.0. The molecule has 1 saturated carbocycles. The van der Waals surface area contributed by atoms with Crippen LogP contribution in [0.4, 0.5) is 0 Å². The van der Waals surface area contributed by atoms with Gasteiger partial charge in [0.25, 0.3) is 5.91 Å². The fourth-order valence-electron chi connectivity index (χ4n) is 4.03. The molecule has 1 heterocycles. The van der Waals surface area contributed by atoms with Gasteiger partial charge in [-0.25, -0.2) is 5.06 Å². The predicted octanol–water partition coefficient (Wildman–Crippen LogP) is 2.39. The van der Waals surface area contributed by atoms with E-state index >= 15 is 0 Å². The summed E-state index contributed by atoms with van der Waals surface area (Å²) in [5.74, 6) is -0.0197. The molecule has 2 aliphatic carbocycles. The van der Waals surface area contributed by atoms with Gasteiger partial charge in [-0.3, -0.25) is 14.4 Å². The number of hydrogen-bond donors (Lipinski definition) is 0. The Morgan fingerprint density at radius 3 is 2.42 bits per heavy atom. The maximum Gasteiger partial charge on any atom is 0.261 e. The summed E-state index contributed by atoms with van der Waals surface area (Å²) < 4.78 is 0. The minimum absolute atomic E-state index is 0.0856. The molecule has 0 aromatic carbocycles. The molecule has 104 valence electrons. The molecule has 2 fully saturated rings. The van der Waals surface area contributed by atoms with Crippen LogP contribution in [0.5, 0.6) is 0 Å². The van der Waals surface area contributed by atoms with Crippen molar-refractivity contribution >= 4 is 11.7 Å². The molecule has 0 aromatic rings. The molecule has 1 saturated heterocycles. The molecule has 3 rings (SSSR count). The van der Waals surface area contributed by atoms with E-state index in [1.807, 2.05) is 12.2 Å². The van der Waals surface area contributed by atoms with Crippen LogP contribution in [0, 0.1) is 5.41 Å². The van der Waals surface area contributed by atoms with Crippen LogP contribution in [-0.2, 0) is 14.4 Å². The smallest absolute Gasteiger partial charge is 0.261 e. The average molecular weight is 263 g/mol. The number of ketones is 1. The number of hydroxylamine groups is 2. The van der Waals surface area contributed by atoms with Crippen LogP contribution in [0.1, 0.15) is 51.4 Å². The number of rotatable bonds is 1. The van der Waals surface area contributed by atoms with E-state index in [2.05, 4.69) is 0 Å². The van der Waals surface area contributed by atoms with Crippen LogP contribution >= 0.6 is 0 Å². The number of carbonyl (C=O) groups is 2. The summed E-state index contributed by atoms with van der Waals surface area (Å²) in [6, 6.07) is 0. The van der Waals surface area contributed by atoms with Gasteiger partial charge in [0.2, 0.25) is 0 Å². The fourth-order valence-corrected chi connectivity index (χ4v) is 4.03. The van der Waals surface area contributed by atoms with Gasteiger partial charge in [-0.2, -0.15) is 0 Å². The largest absolute Gasteiger partial charge is 0.295 e. The van der Waals surface area contributed by atoms with Crippen LogP contribution in [0.2, 0.25) is 0 Å². The van der Waals surface area contributed by atoms with Crippen molar-refractivity contribution in [2.75, 3.05) is 7.11 Å². The molecule has 19 heavy (non-hydrogen) atoms. The van der Waals surface area contributed by atoms with Crippen molar-refractivity contribution in [3.05, 3.63) is 12.2 Å². The van der Waals surface area contributed by atoms with Gasteiger partial charge in [-0.1, -0.05) is 31.4 Å². The minimum atomic E-state index is -0.818. The molecular formula is C15H21NO3. The lowest BCUT2D eigenvalue weighted by Gasteiger charge is -2.34. The first-order valence-electron chi connectivity index (χ1n) is 7.29. The molecule has 0 bridgehead atoms. The van der Waals surface area contributed by atoms with Crippen LogP contribution in [-0.4, -0.2) is 29.4 Å². The maximum absolute atomic E-state index is 13.0. The van der Waals surface area contributed by atoms with E-state index in [1.54, 1.807) is 0 Å². The summed E-state index contributed by atoms with van der Waals surface area (Å²) in [5.41, 5.74) is -1.61. The zero-order valence-corrected chi connectivity index (χ0v) is 11.5. The van der Waals surface area contributed by atoms with E-state index in [4.69, 9.17) is 4.84 Å². The first kappa shape index (κ1) is 12.9. The van der Waals surface area contributed by atoms with Crippen molar-refractivity contribution in [2.45, 2.75) is 56.9 Å². The number of Topliss-reactive ketones (excluding diaryl/α,β-unsaturated/α-hetero) is 1. The normalized spacial score (nSPS) is 33.6. The van der Waals surface area contributed by atoms with Crippen molar-refractivity contribution in [1.82, 2.24) is 5.06 Å². The van der Waals surface area contributed by atoms with E-state index in [0.717, 1.165) is 32.1 Å². The monoisotopic (exact) mass is 263 g/mol. The van der Waals surface area contributed by atoms with Crippen molar-refractivity contribution in [3.8, 4) is 0 Å². The second kappa shape index (κ2) is 4.44. The Bertz CT molecular complexity index is 437. The van der Waals surface area contributed by atoms with E-state index in [0.29, 0.717) is 19.3 Å². The lowest BCUT2D eigenvalue weighted by molar-refractivity contribution is -0.193. The van der Waals surface area contributed by atoms with Crippen molar-refractivity contribution in [1.29, 1.82) is 0 Å². The topological polar surface area (TPSA) is 46.6 Å². The molecule has 2 spiro atoms. The third kappa shape index (κ3) is 1.55. The van der Waals surface area contributed by atoms with Gasteiger partial charge in [0.05, 0.1) is 7.11 Å². The third-order valence-electron chi connectivity index (χ3n) is 5.00. The molecule has 0 N–H and O–H groups in total. The highest BCUT2D eigenvalue weighted by molar-refractivity contribution is 6.17. The van der Waals surface area contributed by atoms with Crippen molar-refractivity contribution in [2.24, 2.45) is 5.41 Å². The molecule has 1 amide bonds. The number of nitrogens with zero attached hydrogens (tertiary/aromatic N) is 1. The fraction of sp³-hybridized carbons (Fsp3) is 0.733. The highest BCUT2D eigenvalue weighted by Crippen LogP contribution is 2.51. The molecule has 1 aliphatic heterocycles. The number of hydrogen-bond acceptors (Lipinski definition) is 3. The lowest BCUT2D eigenvalue weighted by Crippen LogP contribution is -2.48. The molecular weight excluding hydrogens is 242 g/mol. The van der Waals surface area contributed by atoms with Crippen LogP contribution < -0.4 is 0 Å². The van der Waals surface area contributed by atoms with Gasteiger partial charge in [0.15, 0.2) is 5.78 Å². The van der Waals surface area contributed by atoms with Crippen LogP contribution in [0.15, 0.2) is 12.2 Å². The maximum atomic E-state index is 13.0. The second-order valence-electron chi connectivity index (χ2n) is 5.97. The molecule has 1 atom stereocenters. The van der Waals surface area contributed by atoms with Crippen molar-refractivity contribution in [3.63, 3.8) is 0 Å². The minimum Gasteiger partial charge on any atom is -0.295 e.